The number of aromatic carboxylic acids is 1. The molecule has 0 amide bonds. The molecule has 0 saturated carbocycles. The highest BCUT2D eigenvalue weighted by Crippen LogP contribution is 2.11. The second-order valence-electron chi connectivity index (χ2n) is 4.14. The number of carboxylic acid groups (broad SMARTS) is 1. The fourth-order valence-corrected chi connectivity index (χ4v) is 2.08. The molecule has 3 aromatic rings. The molecule has 2 heterocycles. The zero-order valence-electron chi connectivity index (χ0n) is 11.7. The van der Waals surface area contributed by atoms with Gasteiger partial charge in [0.2, 0.25) is 0 Å². The number of carbonyl (C=O) groups is 1. The van der Waals surface area contributed by atoms with Gasteiger partial charge < -0.3 is 5.11 Å². The summed E-state index contributed by atoms with van der Waals surface area (Å²) in [6.45, 7) is 1.99. The van der Waals surface area contributed by atoms with Gasteiger partial charge in [0.25, 0.3) is 0 Å². The van der Waals surface area contributed by atoms with Crippen LogP contribution in [0.1, 0.15) is 21.1 Å². The minimum atomic E-state index is -1.04. The van der Waals surface area contributed by atoms with Crippen molar-refractivity contribution < 1.29 is 9.90 Å². The zero-order chi connectivity index (χ0) is 15.9. The Kier molecular flexibility index (Phi) is 5.01. The Morgan fingerprint density at radius 3 is 2.45 bits per heavy atom. The van der Waals surface area contributed by atoms with Crippen LogP contribution in [0.15, 0.2) is 48.1 Å². The Morgan fingerprint density at radius 2 is 2.00 bits per heavy atom. The number of nitrogens with zero attached hydrogens (tertiary/aromatic N) is 4. The Bertz CT molecular complexity index is 786. The highest BCUT2D eigenvalue weighted by Gasteiger charge is 2.11. The lowest BCUT2D eigenvalue weighted by atomic mass is 10.2. The molecule has 0 unspecified atom stereocenters. The smallest absolute Gasteiger partial charge is 0.354 e. The molecule has 0 spiro atoms. The highest BCUT2D eigenvalue weighted by atomic mass is 32.1. The van der Waals surface area contributed by atoms with Crippen molar-refractivity contribution in [1.29, 1.82) is 5.26 Å². The standard InChI is InChI=1S/C11H7N3O2.C4H5NS/c12-7-8-1-3-9(4-2-8)14-10(11(15)16)5-6-13-14;1-4-5-2-3-6-4/h1-6H,(H,15,16);2-3H,1H3. The van der Waals surface area contributed by atoms with E-state index < -0.39 is 5.97 Å². The van der Waals surface area contributed by atoms with Gasteiger partial charge in [-0.15, -0.1) is 11.3 Å². The molecule has 0 atom stereocenters. The van der Waals surface area contributed by atoms with Crippen LogP contribution in [-0.4, -0.2) is 25.8 Å². The van der Waals surface area contributed by atoms with Crippen LogP contribution in [0.25, 0.3) is 5.69 Å². The summed E-state index contributed by atoms with van der Waals surface area (Å²) in [6, 6.07) is 9.94. The van der Waals surface area contributed by atoms with Crippen molar-refractivity contribution in [3.05, 3.63) is 64.4 Å². The van der Waals surface area contributed by atoms with Crippen molar-refractivity contribution in [2.24, 2.45) is 0 Å². The molecule has 22 heavy (non-hydrogen) atoms. The average Bonchev–Trinajstić information content (AvgIpc) is 3.19. The number of benzene rings is 1. The Labute approximate surface area is 130 Å². The summed E-state index contributed by atoms with van der Waals surface area (Å²) in [5.41, 5.74) is 1.22. The second-order valence-corrected chi connectivity index (χ2v) is 5.24. The average molecular weight is 312 g/mol. The van der Waals surface area contributed by atoms with Gasteiger partial charge in [0.05, 0.1) is 28.5 Å². The first kappa shape index (κ1) is 15.4. The van der Waals surface area contributed by atoms with Crippen molar-refractivity contribution in [3.63, 3.8) is 0 Å². The lowest BCUT2D eigenvalue weighted by Gasteiger charge is -2.03. The summed E-state index contributed by atoms with van der Waals surface area (Å²) in [7, 11) is 0. The molecule has 0 radical (unpaired) electrons. The lowest BCUT2D eigenvalue weighted by molar-refractivity contribution is 0.0687. The first-order chi connectivity index (χ1) is 10.6. The first-order valence-corrected chi connectivity index (χ1v) is 7.13. The summed E-state index contributed by atoms with van der Waals surface area (Å²) in [6.07, 6.45) is 3.22. The largest absolute Gasteiger partial charge is 0.477 e. The van der Waals surface area contributed by atoms with Gasteiger partial charge in [0, 0.05) is 11.6 Å². The van der Waals surface area contributed by atoms with Gasteiger partial charge in [-0.1, -0.05) is 0 Å². The van der Waals surface area contributed by atoms with E-state index in [1.165, 1.54) is 16.9 Å². The molecule has 3 rings (SSSR count). The van der Waals surface area contributed by atoms with Gasteiger partial charge in [-0.25, -0.2) is 9.48 Å². The molecule has 1 N–H and O–H groups in total. The van der Waals surface area contributed by atoms with Gasteiger partial charge >= 0.3 is 5.97 Å². The topological polar surface area (TPSA) is 91.8 Å². The van der Waals surface area contributed by atoms with E-state index >= 15 is 0 Å². The van der Waals surface area contributed by atoms with E-state index in [0.717, 1.165) is 5.01 Å². The van der Waals surface area contributed by atoms with E-state index in [1.807, 2.05) is 18.4 Å². The van der Waals surface area contributed by atoms with Crippen LogP contribution in [-0.2, 0) is 0 Å². The maximum Gasteiger partial charge on any atom is 0.354 e. The van der Waals surface area contributed by atoms with Gasteiger partial charge in [0.1, 0.15) is 0 Å². The Hall–Kier alpha value is -2.98. The fraction of sp³-hybridized carbons (Fsp3) is 0.0667. The van der Waals surface area contributed by atoms with Crippen molar-refractivity contribution >= 4 is 17.3 Å². The molecule has 0 aliphatic carbocycles. The molecule has 2 aromatic heterocycles. The van der Waals surface area contributed by atoms with Crippen molar-refractivity contribution in [3.8, 4) is 11.8 Å². The Balaban J connectivity index is 0.000000246. The molecule has 0 aliphatic heterocycles. The summed E-state index contributed by atoms with van der Waals surface area (Å²) in [5, 5.41) is 24.6. The van der Waals surface area contributed by atoms with Crippen LogP contribution in [0.3, 0.4) is 0 Å². The third-order valence-corrected chi connectivity index (χ3v) is 3.36. The van der Waals surface area contributed by atoms with Crippen LogP contribution >= 0.6 is 11.3 Å². The molecule has 6 nitrogen and oxygen atoms in total. The normalized spacial score (nSPS) is 9.45. The minimum absolute atomic E-state index is 0.0877. The molecule has 0 aliphatic rings. The number of rotatable bonds is 2. The van der Waals surface area contributed by atoms with Gasteiger partial charge in [-0.05, 0) is 37.3 Å². The summed E-state index contributed by atoms with van der Waals surface area (Å²) >= 11 is 1.67. The molecule has 0 bridgehead atoms. The van der Waals surface area contributed by atoms with Crippen LogP contribution in [0, 0.1) is 18.3 Å². The SMILES string of the molecule is Cc1nccs1.N#Cc1ccc(-n2nccc2C(=O)O)cc1. The predicted molar refractivity (Wildman–Crippen MR) is 82.1 cm³/mol. The Morgan fingerprint density at radius 1 is 1.27 bits per heavy atom. The maximum absolute atomic E-state index is 10.9. The predicted octanol–water partition coefficient (Wildman–Crippen LogP) is 2.89. The summed E-state index contributed by atoms with van der Waals surface area (Å²) in [5.74, 6) is -1.04. The zero-order valence-corrected chi connectivity index (χ0v) is 12.5. The molecular formula is C15H12N4O2S. The molecule has 0 fully saturated rings. The number of nitriles is 1. The van der Waals surface area contributed by atoms with Crippen LogP contribution < -0.4 is 0 Å². The monoisotopic (exact) mass is 312 g/mol. The number of thiazole rings is 1. The molecule has 110 valence electrons. The fourth-order valence-electron chi connectivity index (χ4n) is 1.64. The van der Waals surface area contributed by atoms with E-state index in [0.29, 0.717) is 11.3 Å². The van der Waals surface area contributed by atoms with E-state index in [4.69, 9.17) is 10.4 Å². The van der Waals surface area contributed by atoms with Crippen molar-refractivity contribution in [1.82, 2.24) is 14.8 Å². The highest BCUT2D eigenvalue weighted by molar-refractivity contribution is 7.09. The number of aromatic nitrogens is 3. The third kappa shape index (κ3) is 3.77. The molecule has 0 saturated heterocycles. The number of hydrogen-bond donors (Lipinski definition) is 1. The molecular weight excluding hydrogens is 300 g/mol. The second kappa shape index (κ2) is 7.15. The van der Waals surface area contributed by atoms with E-state index in [-0.39, 0.29) is 5.69 Å². The maximum atomic E-state index is 10.9. The van der Waals surface area contributed by atoms with E-state index in [1.54, 1.807) is 41.8 Å². The summed E-state index contributed by atoms with van der Waals surface area (Å²) in [4.78, 5) is 14.8. The van der Waals surface area contributed by atoms with Gasteiger partial charge in [0.15, 0.2) is 5.69 Å². The quantitative estimate of drug-likeness (QED) is 0.785. The van der Waals surface area contributed by atoms with Gasteiger partial charge in [-0.2, -0.15) is 10.4 Å². The third-order valence-electron chi connectivity index (χ3n) is 2.66. The van der Waals surface area contributed by atoms with Crippen LogP contribution in [0.5, 0.6) is 0 Å². The molecule has 7 heteroatoms. The number of carboxylic acids is 1. The van der Waals surface area contributed by atoms with Gasteiger partial charge in [-0.3, -0.25) is 4.98 Å². The van der Waals surface area contributed by atoms with E-state index in [9.17, 15) is 4.79 Å². The van der Waals surface area contributed by atoms with Crippen molar-refractivity contribution in [2.75, 3.05) is 0 Å². The summed E-state index contributed by atoms with van der Waals surface area (Å²) < 4.78 is 1.31. The van der Waals surface area contributed by atoms with E-state index in [2.05, 4.69) is 10.1 Å². The lowest BCUT2D eigenvalue weighted by Crippen LogP contribution is -2.07. The first-order valence-electron chi connectivity index (χ1n) is 6.26. The van der Waals surface area contributed by atoms with Crippen LogP contribution in [0.2, 0.25) is 0 Å². The van der Waals surface area contributed by atoms with Crippen LogP contribution in [0.4, 0.5) is 0 Å². The number of hydrogen-bond acceptors (Lipinski definition) is 5. The number of aryl methyl sites for hydroxylation is 1. The van der Waals surface area contributed by atoms with Crippen molar-refractivity contribution in [2.45, 2.75) is 6.92 Å². The minimum Gasteiger partial charge on any atom is -0.477 e. The molecule has 1 aromatic carbocycles.